The Kier molecular flexibility index (Phi) is 6.08. The van der Waals surface area contributed by atoms with Gasteiger partial charge in [-0.05, 0) is 54.1 Å². The summed E-state index contributed by atoms with van der Waals surface area (Å²) in [5.41, 5.74) is 4.04. The van der Waals surface area contributed by atoms with Crippen LogP contribution in [0.4, 0.5) is 10.3 Å². The second-order valence-electron chi connectivity index (χ2n) is 6.55. The second kappa shape index (κ2) is 9.43. The summed E-state index contributed by atoms with van der Waals surface area (Å²) in [6.45, 7) is 0. The fourth-order valence-electron chi connectivity index (χ4n) is 2.71. The molecule has 1 heterocycles. The zero-order valence-corrected chi connectivity index (χ0v) is 16.5. The van der Waals surface area contributed by atoms with Crippen molar-refractivity contribution in [2.24, 2.45) is 5.10 Å². The standard InChI is InChI=1S/C23H16FN5O3/c24-18-10-8-17(9-11-18)22(31)32-19-12-6-15(7-13-19)14-25-28-23-26-21(30)20(27-29-23)16-4-2-1-3-5-16/h1-14H,(H2,26,28,29,30)/b25-14+. The summed E-state index contributed by atoms with van der Waals surface area (Å²) in [5, 5.41) is 11.9. The Hall–Kier alpha value is -4.66. The van der Waals surface area contributed by atoms with Gasteiger partial charge < -0.3 is 4.74 Å². The number of anilines is 1. The third-order valence-electron chi connectivity index (χ3n) is 4.30. The molecule has 0 fully saturated rings. The molecule has 0 radical (unpaired) electrons. The minimum atomic E-state index is -0.588. The molecule has 4 rings (SSSR count). The van der Waals surface area contributed by atoms with E-state index in [0.29, 0.717) is 16.9 Å². The van der Waals surface area contributed by atoms with Crippen molar-refractivity contribution in [1.29, 1.82) is 0 Å². The van der Waals surface area contributed by atoms with Crippen molar-refractivity contribution in [2.45, 2.75) is 0 Å². The number of hydrogen-bond acceptors (Lipinski definition) is 7. The van der Waals surface area contributed by atoms with Crippen molar-refractivity contribution >= 4 is 18.1 Å². The van der Waals surface area contributed by atoms with Crippen molar-refractivity contribution in [3.05, 3.63) is 106 Å². The predicted molar refractivity (Wildman–Crippen MR) is 117 cm³/mol. The number of carbonyl (C=O) groups is 1. The first kappa shape index (κ1) is 20.6. The summed E-state index contributed by atoms with van der Waals surface area (Å²) in [6.07, 6.45) is 1.50. The SMILES string of the molecule is O=C(Oc1ccc(/C=N/Nc2nnc(-c3ccccc3)c(=O)[nH]2)cc1)c1ccc(F)cc1. The van der Waals surface area contributed by atoms with Gasteiger partial charge in [-0.25, -0.2) is 14.6 Å². The molecule has 32 heavy (non-hydrogen) atoms. The summed E-state index contributed by atoms with van der Waals surface area (Å²) in [4.78, 5) is 26.8. The average Bonchev–Trinajstić information content (AvgIpc) is 2.81. The smallest absolute Gasteiger partial charge is 0.343 e. The molecule has 0 saturated carbocycles. The molecule has 2 N–H and O–H groups in total. The van der Waals surface area contributed by atoms with Gasteiger partial charge in [0.15, 0.2) is 5.69 Å². The molecule has 0 aliphatic carbocycles. The third-order valence-corrected chi connectivity index (χ3v) is 4.30. The molecule has 0 spiro atoms. The number of hydrazone groups is 1. The van der Waals surface area contributed by atoms with E-state index in [1.165, 1.54) is 30.5 Å². The lowest BCUT2D eigenvalue weighted by Gasteiger charge is -2.04. The van der Waals surface area contributed by atoms with Gasteiger partial charge >= 0.3 is 5.97 Å². The maximum Gasteiger partial charge on any atom is 0.343 e. The number of hydrogen-bond donors (Lipinski definition) is 2. The van der Waals surface area contributed by atoms with Crippen LogP contribution in [0.25, 0.3) is 11.3 Å². The van der Waals surface area contributed by atoms with Crippen LogP contribution in [-0.4, -0.2) is 27.4 Å². The summed E-state index contributed by atoms with van der Waals surface area (Å²) >= 11 is 0. The number of ether oxygens (including phenoxy) is 1. The fourth-order valence-corrected chi connectivity index (χ4v) is 2.71. The minimum Gasteiger partial charge on any atom is -0.423 e. The summed E-state index contributed by atoms with van der Waals surface area (Å²) in [5.74, 6) is -0.595. The van der Waals surface area contributed by atoms with E-state index in [1.807, 2.05) is 18.2 Å². The van der Waals surface area contributed by atoms with Crippen LogP contribution in [0.2, 0.25) is 0 Å². The van der Waals surface area contributed by atoms with E-state index in [2.05, 4.69) is 25.7 Å². The van der Waals surface area contributed by atoms with E-state index in [0.717, 1.165) is 0 Å². The van der Waals surface area contributed by atoms with Crippen LogP contribution in [0.3, 0.4) is 0 Å². The molecular formula is C23H16FN5O3. The maximum absolute atomic E-state index is 12.9. The van der Waals surface area contributed by atoms with E-state index in [9.17, 15) is 14.0 Å². The van der Waals surface area contributed by atoms with Crippen LogP contribution >= 0.6 is 0 Å². The van der Waals surface area contributed by atoms with Gasteiger partial charge in [0.25, 0.3) is 5.56 Å². The Balaban J connectivity index is 1.36. The lowest BCUT2D eigenvalue weighted by atomic mass is 10.2. The van der Waals surface area contributed by atoms with E-state index in [-0.39, 0.29) is 17.2 Å². The zero-order chi connectivity index (χ0) is 22.3. The second-order valence-corrected chi connectivity index (χ2v) is 6.55. The van der Waals surface area contributed by atoms with Gasteiger partial charge in [-0.2, -0.15) is 5.10 Å². The first-order valence-corrected chi connectivity index (χ1v) is 9.48. The normalized spacial score (nSPS) is 10.8. The topological polar surface area (TPSA) is 109 Å². The van der Waals surface area contributed by atoms with Crippen molar-refractivity contribution in [2.75, 3.05) is 5.43 Å². The number of H-pyrrole nitrogens is 1. The number of esters is 1. The molecule has 8 nitrogen and oxygen atoms in total. The molecule has 0 aliphatic rings. The van der Waals surface area contributed by atoms with Gasteiger partial charge in [0.1, 0.15) is 11.6 Å². The summed E-state index contributed by atoms with van der Waals surface area (Å²) < 4.78 is 18.2. The van der Waals surface area contributed by atoms with Crippen molar-refractivity contribution in [3.8, 4) is 17.0 Å². The molecule has 0 atom stereocenters. The number of benzene rings is 3. The van der Waals surface area contributed by atoms with Crippen LogP contribution in [-0.2, 0) is 0 Å². The molecule has 3 aromatic carbocycles. The van der Waals surface area contributed by atoms with E-state index < -0.39 is 17.3 Å². The molecule has 0 amide bonds. The monoisotopic (exact) mass is 429 g/mol. The number of nitrogens with zero attached hydrogens (tertiary/aromatic N) is 3. The number of rotatable bonds is 6. The van der Waals surface area contributed by atoms with E-state index >= 15 is 0 Å². The van der Waals surface area contributed by atoms with Crippen LogP contribution in [0, 0.1) is 5.82 Å². The highest BCUT2D eigenvalue weighted by Gasteiger charge is 2.09. The number of carbonyl (C=O) groups excluding carboxylic acids is 1. The first-order chi connectivity index (χ1) is 15.6. The van der Waals surface area contributed by atoms with Crippen LogP contribution in [0.15, 0.2) is 88.8 Å². The molecule has 0 unspecified atom stereocenters. The Labute approximate surface area is 181 Å². The Morgan fingerprint density at radius 2 is 1.69 bits per heavy atom. The van der Waals surface area contributed by atoms with E-state index in [4.69, 9.17) is 4.74 Å². The van der Waals surface area contributed by atoms with Crippen LogP contribution in [0.5, 0.6) is 5.75 Å². The highest BCUT2D eigenvalue weighted by atomic mass is 19.1. The van der Waals surface area contributed by atoms with Gasteiger partial charge in [-0.15, -0.1) is 10.2 Å². The zero-order valence-electron chi connectivity index (χ0n) is 16.5. The Bertz CT molecular complexity index is 1300. The minimum absolute atomic E-state index is 0.0933. The van der Waals surface area contributed by atoms with Crippen LogP contribution in [0.1, 0.15) is 15.9 Å². The van der Waals surface area contributed by atoms with Crippen LogP contribution < -0.4 is 15.7 Å². The lowest BCUT2D eigenvalue weighted by Crippen LogP contribution is -2.15. The van der Waals surface area contributed by atoms with Gasteiger partial charge in [0.2, 0.25) is 5.95 Å². The third kappa shape index (κ3) is 5.08. The molecule has 0 saturated heterocycles. The molecule has 0 aliphatic heterocycles. The van der Waals surface area contributed by atoms with Gasteiger partial charge in [-0.1, -0.05) is 30.3 Å². The van der Waals surface area contributed by atoms with Crippen molar-refractivity contribution in [1.82, 2.24) is 15.2 Å². The molecule has 9 heteroatoms. The number of aromatic amines is 1. The molecule has 4 aromatic rings. The Morgan fingerprint density at radius 1 is 0.969 bits per heavy atom. The fraction of sp³-hybridized carbons (Fsp3) is 0. The highest BCUT2D eigenvalue weighted by Crippen LogP contribution is 2.14. The predicted octanol–water partition coefficient (Wildman–Crippen LogP) is 3.64. The average molecular weight is 429 g/mol. The first-order valence-electron chi connectivity index (χ1n) is 9.48. The van der Waals surface area contributed by atoms with Gasteiger partial charge in [-0.3, -0.25) is 9.78 Å². The summed E-state index contributed by atoms with van der Waals surface area (Å²) in [6, 6.07) is 20.6. The van der Waals surface area contributed by atoms with Gasteiger partial charge in [0.05, 0.1) is 11.8 Å². The highest BCUT2D eigenvalue weighted by molar-refractivity contribution is 5.91. The quantitative estimate of drug-likeness (QED) is 0.210. The largest absolute Gasteiger partial charge is 0.423 e. The molecule has 0 bridgehead atoms. The maximum atomic E-state index is 12.9. The number of aromatic nitrogens is 3. The van der Waals surface area contributed by atoms with E-state index in [1.54, 1.807) is 36.4 Å². The van der Waals surface area contributed by atoms with Gasteiger partial charge in [0, 0.05) is 5.56 Å². The van der Waals surface area contributed by atoms with Crippen molar-refractivity contribution < 1.29 is 13.9 Å². The van der Waals surface area contributed by atoms with Crippen molar-refractivity contribution in [3.63, 3.8) is 0 Å². The summed E-state index contributed by atoms with van der Waals surface area (Å²) in [7, 11) is 0. The number of nitrogens with one attached hydrogen (secondary N) is 2. The Morgan fingerprint density at radius 3 is 2.38 bits per heavy atom. The number of halogens is 1. The lowest BCUT2D eigenvalue weighted by molar-refractivity contribution is 0.0734. The molecular weight excluding hydrogens is 413 g/mol. The molecule has 1 aromatic heterocycles. The molecule has 158 valence electrons.